The number of nitrogens with one attached hydrogen (secondary N) is 1. The molecule has 1 N–H and O–H groups in total. The average molecular weight is 563 g/mol. The second-order valence-electron chi connectivity index (χ2n) is 10.9. The monoisotopic (exact) mass is 562 g/mol. The van der Waals surface area contributed by atoms with Gasteiger partial charge >= 0.3 is 18.4 Å². The Bertz CT molecular complexity index is 1110. The third-order valence-electron chi connectivity index (χ3n) is 6.58. The highest BCUT2D eigenvalue weighted by atomic mass is 19.4. The summed E-state index contributed by atoms with van der Waals surface area (Å²) in [6.45, 7) is 6.88. The minimum Gasteiger partial charge on any atom is -0.444 e. The molecular formula is C28H33F7N2O2. The highest BCUT2D eigenvalue weighted by Gasteiger charge is 2.40. The summed E-state index contributed by atoms with van der Waals surface area (Å²) in [5.74, 6) is -0.432. The lowest BCUT2D eigenvalue weighted by atomic mass is 9.87. The zero-order valence-electron chi connectivity index (χ0n) is 22.2. The number of piperidine rings is 1. The van der Waals surface area contributed by atoms with Gasteiger partial charge in [-0.15, -0.1) is 0 Å². The van der Waals surface area contributed by atoms with E-state index in [1.54, 1.807) is 37.8 Å². The van der Waals surface area contributed by atoms with Crippen molar-refractivity contribution in [3.05, 3.63) is 70.5 Å². The van der Waals surface area contributed by atoms with E-state index in [1.165, 1.54) is 12.1 Å². The Morgan fingerprint density at radius 3 is 2.03 bits per heavy atom. The normalized spacial score (nSPS) is 20.7. The molecule has 1 saturated heterocycles. The minimum atomic E-state index is -4.93. The van der Waals surface area contributed by atoms with Gasteiger partial charge in [-0.2, -0.15) is 26.3 Å². The van der Waals surface area contributed by atoms with Crippen LogP contribution in [0, 0.1) is 5.82 Å². The first-order valence-corrected chi connectivity index (χ1v) is 12.7. The van der Waals surface area contributed by atoms with Gasteiger partial charge in [0.05, 0.1) is 11.1 Å². The summed E-state index contributed by atoms with van der Waals surface area (Å²) < 4.78 is 99.2. The molecule has 0 aromatic heterocycles. The first-order valence-electron chi connectivity index (χ1n) is 12.7. The van der Waals surface area contributed by atoms with E-state index in [9.17, 15) is 35.5 Å². The number of amides is 1. The van der Waals surface area contributed by atoms with Crippen LogP contribution in [0.25, 0.3) is 0 Å². The van der Waals surface area contributed by atoms with E-state index in [2.05, 4.69) is 5.32 Å². The Labute approximate surface area is 223 Å². The first kappa shape index (κ1) is 30.7. The molecule has 1 fully saturated rings. The van der Waals surface area contributed by atoms with Gasteiger partial charge in [0.15, 0.2) is 0 Å². The molecule has 0 bridgehead atoms. The highest BCUT2D eigenvalue weighted by Crippen LogP contribution is 2.37. The van der Waals surface area contributed by atoms with Crippen LogP contribution in [0.4, 0.5) is 35.5 Å². The van der Waals surface area contributed by atoms with E-state index >= 15 is 0 Å². The second-order valence-corrected chi connectivity index (χ2v) is 10.9. The van der Waals surface area contributed by atoms with E-state index in [0.29, 0.717) is 43.4 Å². The van der Waals surface area contributed by atoms with Gasteiger partial charge in [-0.1, -0.05) is 19.1 Å². The maximum Gasteiger partial charge on any atom is 0.416 e. The molecule has 1 amide bonds. The molecule has 39 heavy (non-hydrogen) atoms. The van der Waals surface area contributed by atoms with Crippen molar-refractivity contribution in [3.8, 4) is 0 Å². The summed E-state index contributed by atoms with van der Waals surface area (Å²) in [5, 5.41) is 3.11. The lowest BCUT2D eigenvalue weighted by Crippen LogP contribution is -2.57. The molecule has 2 aromatic rings. The van der Waals surface area contributed by atoms with Crippen LogP contribution < -0.4 is 5.32 Å². The Hall–Kier alpha value is -2.82. The topological polar surface area (TPSA) is 41.6 Å². The molecule has 0 saturated carbocycles. The molecular weight excluding hydrogens is 529 g/mol. The number of ether oxygens (including phenoxy) is 1. The van der Waals surface area contributed by atoms with Crippen LogP contribution in [0.3, 0.4) is 0 Å². The number of nitrogens with zero attached hydrogens (tertiary/aromatic N) is 1. The third kappa shape index (κ3) is 8.58. The van der Waals surface area contributed by atoms with Crippen molar-refractivity contribution < 1.29 is 40.3 Å². The first-order chi connectivity index (χ1) is 18.0. The molecule has 0 aliphatic carbocycles. The summed E-state index contributed by atoms with van der Waals surface area (Å²) in [4.78, 5) is 14.8. The van der Waals surface area contributed by atoms with Crippen molar-refractivity contribution in [2.24, 2.45) is 0 Å². The van der Waals surface area contributed by atoms with Crippen molar-refractivity contribution in [2.45, 2.75) is 96.0 Å². The molecule has 11 heteroatoms. The van der Waals surface area contributed by atoms with E-state index in [0.717, 1.165) is 0 Å². The lowest BCUT2D eigenvalue weighted by Gasteiger charge is -2.45. The predicted molar refractivity (Wildman–Crippen MR) is 132 cm³/mol. The van der Waals surface area contributed by atoms with Gasteiger partial charge in [0.2, 0.25) is 0 Å². The lowest BCUT2D eigenvalue weighted by molar-refractivity contribution is -0.143. The molecule has 2 aromatic carbocycles. The fourth-order valence-corrected chi connectivity index (χ4v) is 4.92. The van der Waals surface area contributed by atoms with E-state index < -0.39 is 47.0 Å². The van der Waals surface area contributed by atoms with Crippen molar-refractivity contribution in [1.29, 1.82) is 0 Å². The molecule has 1 aliphatic rings. The van der Waals surface area contributed by atoms with Gasteiger partial charge in [-0.25, -0.2) is 9.18 Å². The van der Waals surface area contributed by atoms with Crippen LogP contribution in [-0.4, -0.2) is 34.7 Å². The van der Waals surface area contributed by atoms with Crippen molar-refractivity contribution in [2.75, 3.05) is 0 Å². The number of hydrogen-bond donors (Lipinski definition) is 1. The zero-order valence-corrected chi connectivity index (χ0v) is 22.2. The number of rotatable bonds is 6. The highest BCUT2D eigenvalue weighted by molar-refractivity contribution is 5.69. The molecule has 216 valence electrons. The molecule has 0 spiro atoms. The average Bonchev–Trinajstić information content (AvgIpc) is 2.80. The van der Waals surface area contributed by atoms with Gasteiger partial charge in [0, 0.05) is 24.7 Å². The summed E-state index contributed by atoms with van der Waals surface area (Å²) in [6.07, 6.45) is -8.79. The van der Waals surface area contributed by atoms with Gasteiger partial charge in [0.25, 0.3) is 0 Å². The SMILES string of the molecule is CCC1CC(NCc2cc(C(F)(F)F)cc(C(F)(F)F)c2)CC(Cc2cccc(F)c2)N1C(=O)OC(C)(C)C. The van der Waals surface area contributed by atoms with Crippen LogP contribution in [-0.2, 0) is 30.1 Å². The zero-order chi connectivity index (χ0) is 29.2. The quantitative estimate of drug-likeness (QED) is 0.366. The largest absolute Gasteiger partial charge is 0.444 e. The Morgan fingerprint density at radius 1 is 0.923 bits per heavy atom. The van der Waals surface area contributed by atoms with E-state index in [-0.39, 0.29) is 30.3 Å². The molecule has 3 atom stereocenters. The third-order valence-corrected chi connectivity index (χ3v) is 6.58. The minimum absolute atomic E-state index is 0.102. The maximum absolute atomic E-state index is 13.9. The number of carbonyl (C=O) groups is 1. The number of benzene rings is 2. The van der Waals surface area contributed by atoms with Crippen LogP contribution in [0.5, 0.6) is 0 Å². The summed E-state index contributed by atoms with van der Waals surface area (Å²) >= 11 is 0. The Balaban J connectivity index is 1.86. The number of halogens is 7. The Kier molecular flexibility index (Phi) is 9.24. The van der Waals surface area contributed by atoms with Crippen molar-refractivity contribution in [3.63, 3.8) is 0 Å². The molecule has 1 heterocycles. The number of hydrogen-bond acceptors (Lipinski definition) is 3. The van der Waals surface area contributed by atoms with Gasteiger partial charge in [-0.05, 0) is 87.9 Å². The van der Waals surface area contributed by atoms with Crippen LogP contribution in [0.1, 0.15) is 69.2 Å². The molecule has 4 nitrogen and oxygen atoms in total. The van der Waals surface area contributed by atoms with Crippen molar-refractivity contribution >= 4 is 6.09 Å². The molecule has 1 aliphatic heterocycles. The smallest absolute Gasteiger partial charge is 0.416 e. The summed E-state index contributed by atoms with van der Waals surface area (Å²) in [7, 11) is 0. The number of carbonyl (C=O) groups excluding carboxylic acids is 1. The number of alkyl halides is 6. The van der Waals surface area contributed by atoms with Gasteiger partial charge in [0.1, 0.15) is 11.4 Å². The molecule has 0 radical (unpaired) electrons. The van der Waals surface area contributed by atoms with Crippen LogP contribution in [0.15, 0.2) is 42.5 Å². The standard InChI is InChI=1S/C28H33F7N2O2/c1-5-23-14-22(36-16-18-9-19(27(30,31)32)13-20(10-18)28(33,34)35)15-24(12-17-7-6-8-21(29)11-17)37(23)25(38)39-26(2,3)4/h6-11,13,22-24,36H,5,12,14-16H2,1-4H3. The summed E-state index contributed by atoms with van der Waals surface area (Å²) in [6, 6.07) is 6.41. The Morgan fingerprint density at radius 2 is 1.51 bits per heavy atom. The predicted octanol–water partition coefficient (Wildman–Crippen LogP) is 7.74. The summed E-state index contributed by atoms with van der Waals surface area (Å²) in [5.41, 5.74) is -3.00. The number of likely N-dealkylation sites (tertiary alicyclic amines) is 1. The fraction of sp³-hybridized carbons (Fsp3) is 0.536. The van der Waals surface area contributed by atoms with E-state index in [4.69, 9.17) is 4.74 Å². The van der Waals surface area contributed by atoms with Crippen LogP contribution >= 0.6 is 0 Å². The maximum atomic E-state index is 13.9. The van der Waals surface area contributed by atoms with E-state index in [1.807, 2.05) is 6.92 Å². The van der Waals surface area contributed by atoms with Gasteiger partial charge < -0.3 is 15.0 Å². The fourth-order valence-electron chi connectivity index (χ4n) is 4.92. The van der Waals surface area contributed by atoms with Crippen molar-refractivity contribution in [1.82, 2.24) is 10.2 Å². The van der Waals surface area contributed by atoms with Gasteiger partial charge in [-0.3, -0.25) is 0 Å². The van der Waals surface area contributed by atoms with Crippen LogP contribution in [0.2, 0.25) is 0 Å². The second kappa shape index (κ2) is 11.7. The molecule has 3 unspecified atom stereocenters. The molecule has 3 rings (SSSR count).